The number of benzene rings is 3. The van der Waals surface area contributed by atoms with Gasteiger partial charge in [0.25, 0.3) is 11.6 Å². The van der Waals surface area contributed by atoms with Gasteiger partial charge in [0.05, 0.1) is 16.7 Å². The van der Waals surface area contributed by atoms with Crippen LogP contribution in [0, 0.1) is 10.1 Å². The maximum absolute atomic E-state index is 13.2. The second kappa shape index (κ2) is 11.0. The Labute approximate surface area is 224 Å². The molecule has 0 atom stereocenters. The summed E-state index contributed by atoms with van der Waals surface area (Å²) in [6.07, 6.45) is 1.34. The first-order valence-corrected chi connectivity index (χ1v) is 11.4. The number of nitrogens with zero attached hydrogens (tertiary/aromatic N) is 7. The Morgan fingerprint density at radius 2 is 1.82 bits per heavy atom. The van der Waals surface area contributed by atoms with Gasteiger partial charge in [0.15, 0.2) is 5.69 Å². The van der Waals surface area contributed by atoms with Gasteiger partial charge in [-0.15, -0.1) is 5.10 Å². The van der Waals surface area contributed by atoms with Gasteiger partial charge in [-0.25, -0.2) is 14.8 Å². The number of rotatable bonds is 8. The summed E-state index contributed by atoms with van der Waals surface area (Å²) in [5.74, 6) is -1.30. The summed E-state index contributed by atoms with van der Waals surface area (Å²) in [5.41, 5.74) is 9.53. The molecular formula is C25H17N9O6. The molecule has 0 bridgehead atoms. The fourth-order valence-electron chi connectivity index (χ4n) is 3.52. The number of nitro benzene ring substituents is 1. The number of anilines is 1. The quantitative estimate of drug-likeness (QED) is 0.0963. The lowest BCUT2D eigenvalue weighted by molar-refractivity contribution is -0.384. The molecule has 0 aliphatic rings. The number of non-ortho nitro benzene ring substituents is 1. The van der Waals surface area contributed by atoms with Gasteiger partial charge in [-0.3, -0.25) is 14.9 Å². The minimum atomic E-state index is -0.701. The van der Waals surface area contributed by atoms with E-state index >= 15 is 0 Å². The van der Waals surface area contributed by atoms with Crippen molar-refractivity contribution in [1.29, 1.82) is 0 Å². The van der Waals surface area contributed by atoms with Crippen LogP contribution in [0.2, 0.25) is 0 Å². The minimum absolute atomic E-state index is 0.0171. The van der Waals surface area contributed by atoms with Gasteiger partial charge in [-0.2, -0.15) is 9.78 Å². The van der Waals surface area contributed by atoms with E-state index in [-0.39, 0.29) is 40.0 Å². The summed E-state index contributed by atoms with van der Waals surface area (Å²) in [6.45, 7) is 0. The zero-order chi connectivity index (χ0) is 28.1. The van der Waals surface area contributed by atoms with Crippen LogP contribution in [0.5, 0.6) is 5.75 Å². The molecule has 0 aliphatic carbocycles. The largest absolute Gasteiger partial charge is 0.423 e. The molecule has 40 heavy (non-hydrogen) atoms. The number of amides is 1. The Hall–Kier alpha value is -6.25. The van der Waals surface area contributed by atoms with E-state index in [2.05, 4.69) is 35.8 Å². The first kappa shape index (κ1) is 25.4. The molecule has 5 aromatic rings. The van der Waals surface area contributed by atoms with Crippen LogP contribution in [0.1, 0.15) is 26.4 Å². The lowest BCUT2D eigenvalue weighted by Gasteiger charge is -2.06. The minimum Gasteiger partial charge on any atom is -0.423 e. The van der Waals surface area contributed by atoms with Crippen LogP contribution in [0.4, 0.5) is 11.5 Å². The van der Waals surface area contributed by atoms with E-state index in [1.54, 1.807) is 42.5 Å². The van der Waals surface area contributed by atoms with E-state index in [0.29, 0.717) is 11.1 Å². The number of aromatic nitrogens is 5. The number of nitrogens with two attached hydrogens (primary N) is 1. The van der Waals surface area contributed by atoms with Crippen LogP contribution in [-0.2, 0) is 0 Å². The number of hydrogen-bond donors (Lipinski definition) is 2. The third-order valence-corrected chi connectivity index (χ3v) is 5.39. The Balaban J connectivity index is 1.32. The van der Waals surface area contributed by atoms with E-state index in [9.17, 15) is 19.7 Å². The molecule has 0 aliphatic heterocycles. The molecule has 0 radical (unpaired) electrons. The number of esters is 1. The Morgan fingerprint density at radius 3 is 2.52 bits per heavy atom. The van der Waals surface area contributed by atoms with Gasteiger partial charge >= 0.3 is 5.97 Å². The van der Waals surface area contributed by atoms with E-state index in [1.807, 2.05) is 6.07 Å². The van der Waals surface area contributed by atoms with Crippen LogP contribution in [0.25, 0.3) is 17.1 Å². The fourth-order valence-corrected chi connectivity index (χ4v) is 3.52. The Morgan fingerprint density at radius 1 is 1.05 bits per heavy atom. The SMILES string of the molecule is Nc1nonc1-n1nnc(-c2ccccc2)c1C(=O)N/N=C/c1cccc(OC(=O)c2ccc([N+](=O)[O-])cc2)c1. The van der Waals surface area contributed by atoms with Crippen molar-refractivity contribution in [3.8, 4) is 22.8 Å². The molecular weight excluding hydrogens is 522 g/mol. The molecule has 5 rings (SSSR count). The van der Waals surface area contributed by atoms with Crippen LogP contribution in [0.3, 0.4) is 0 Å². The van der Waals surface area contributed by atoms with Crippen LogP contribution < -0.4 is 15.9 Å². The van der Waals surface area contributed by atoms with Crippen molar-refractivity contribution in [2.24, 2.45) is 5.10 Å². The zero-order valence-electron chi connectivity index (χ0n) is 20.2. The number of nitrogen functional groups attached to an aromatic ring is 1. The maximum Gasteiger partial charge on any atom is 0.343 e. The molecule has 198 valence electrons. The second-order valence-electron chi connectivity index (χ2n) is 8.00. The molecule has 1 amide bonds. The van der Waals surface area contributed by atoms with Crippen LogP contribution in [0.15, 0.2) is 88.6 Å². The zero-order valence-corrected chi connectivity index (χ0v) is 20.2. The van der Waals surface area contributed by atoms with Gasteiger partial charge in [0.2, 0.25) is 11.6 Å². The van der Waals surface area contributed by atoms with Crippen molar-refractivity contribution < 1.29 is 23.9 Å². The van der Waals surface area contributed by atoms with Crippen molar-refractivity contribution >= 4 is 29.6 Å². The van der Waals surface area contributed by atoms with E-state index < -0.39 is 16.8 Å². The average molecular weight is 539 g/mol. The summed E-state index contributed by atoms with van der Waals surface area (Å²) in [4.78, 5) is 35.9. The van der Waals surface area contributed by atoms with Crippen molar-refractivity contribution in [1.82, 2.24) is 30.7 Å². The van der Waals surface area contributed by atoms with Crippen molar-refractivity contribution in [3.05, 3.63) is 106 Å². The van der Waals surface area contributed by atoms with Crippen molar-refractivity contribution in [2.75, 3.05) is 5.73 Å². The number of carbonyl (C=O) groups is 2. The van der Waals surface area contributed by atoms with Gasteiger partial charge in [-0.1, -0.05) is 47.7 Å². The van der Waals surface area contributed by atoms with Gasteiger partial charge < -0.3 is 10.5 Å². The molecule has 15 nitrogen and oxygen atoms in total. The smallest absolute Gasteiger partial charge is 0.343 e. The molecule has 3 aromatic carbocycles. The molecule has 3 N–H and O–H groups in total. The number of hydrogen-bond acceptors (Lipinski definition) is 12. The highest BCUT2D eigenvalue weighted by atomic mass is 16.6. The van der Waals surface area contributed by atoms with E-state index in [4.69, 9.17) is 10.5 Å². The number of ether oxygens (including phenoxy) is 1. The summed E-state index contributed by atoms with van der Waals surface area (Å²) in [6, 6.07) is 20.2. The van der Waals surface area contributed by atoms with E-state index in [1.165, 1.54) is 36.5 Å². The predicted octanol–water partition coefficient (Wildman–Crippen LogP) is 2.79. The van der Waals surface area contributed by atoms with E-state index in [0.717, 1.165) is 4.68 Å². The standard InChI is InChI=1S/C25H17N9O6/c26-22-23(31-40-30-22)33-21(20(28-32-33)16-6-2-1-3-7-16)24(35)29-27-14-15-5-4-8-19(13-15)39-25(36)17-9-11-18(12-10-17)34(37)38/h1-14H,(H2,26,30)(H,29,35)/b27-14+. The van der Waals surface area contributed by atoms with Crippen LogP contribution >= 0.6 is 0 Å². The van der Waals surface area contributed by atoms with Crippen LogP contribution in [-0.4, -0.2) is 48.3 Å². The first-order valence-electron chi connectivity index (χ1n) is 11.4. The van der Waals surface area contributed by atoms with Crippen molar-refractivity contribution in [2.45, 2.75) is 0 Å². The lowest BCUT2D eigenvalue weighted by atomic mass is 10.1. The number of hydrazone groups is 1. The first-order chi connectivity index (χ1) is 19.4. The molecule has 2 heterocycles. The third kappa shape index (κ3) is 5.37. The van der Waals surface area contributed by atoms with Gasteiger partial charge in [0, 0.05) is 17.7 Å². The predicted molar refractivity (Wildman–Crippen MR) is 139 cm³/mol. The lowest BCUT2D eigenvalue weighted by Crippen LogP contribution is -2.22. The normalized spacial score (nSPS) is 10.9. The fraction of sp³-hybridized carbons (Fsp3) is 0. The Kier molecular flexibility index (Phi) is 6.99. The van der Waals surface area contributed by atoms with Gasteiger partial charge in [-0.05, 0) is 40.1 Å². The highest BCUT2D eigenvalue weighted by molar-refractivity contribution is 5.99. The summed E-state index contributed by atoms with van der Waals surface area (Å²) >= 11 is 0. The maximum atomic E-state index is 13.2. The summed E-state index contributed by atoms with van der Waals surface area (Å²) < 4.78 is 11.1. The third-order valence-electron chi connectivity index (χ3n) is 5.39. The molecule has 0 saturated carbocycles. The molecule has 2 aromatic heterocycles. The number of carbonyl (C=O) groups excluding carboxylic acids is 2. The Bertz CT molecular complexity index is 1730. The second-order valence-corrected chi connectivity index (χ2v) is 8.00. The summed E-state index contributed by atoms with van der Waals surface area (Å²) in [5, 5.41) is 30.1. The highest BCUT2D eigenvalue weighted by Crippen LogP contribution is 2.24. The molecule has 15 heteroatoms. The molecule has 0 saturated heterocycles. The highest BCUT2D eigenvalue weighted by Gasteiger charge is 2.25. The monoisotopic (exact) mass is 539 g/mol. The molecule has 0 unspecified atom stereocenters. The number of nitro groups is 1. The van der Waals surface area contributed by atoms with Crippen molar-refractivity contribution in [3.63, 3.8) is 0 Å². The molecule has 0 spiro atoms. The summed E-state index contributed by atoms with van der Waals surface area (Å²) in [7, 11) is 0. The average Bonchev–Trinajstić information content (AvgIpc) is 3.60. The molecule has 0 fully saturated rings. The topological polar surface area (TPSA) is 207 Å². The van der Waals surface area contributed by atoms with Gasteiger partial charge in [0.1, 0.15) is 11.4 Å². The number of nitrogens with one attached hydrogen (secondary N) is 1.